The average molecular weight is 419 g/mol. The lowest BCUT2D eigenvalue weighted by atomic mass is 10.0. The smallest absolute Gasteiger partial charge is 0.338 e. The molecule has 0 unspecified atom stereocenters. The number of esters is 1. The number of hydrogen-bond acceptors (Lipinski definition) is 5. The van der Waals surface area contributed by atoms with Crippen LogP contribution in [-0.2, 0) is 21.4 Å². The molecule has 1 aromatic heterocycles. The lowest BCUT2D eigenvalue weighted by molar-refractivity contribution is 0.0472. The number of fused-ring (bicyclic) bond motifs is 1. The van der Waals surface area contributed by atoms with Crippen LogP contribution in [0.3, 0.4) is 0 Å². The first-order valence-electron chi connectivity index (χ1n) is 8.49. The fourth-order valence-electron chi connectivity index (χ4n) is 2.74. The van der Waals surface area contributed by atoms with Crippen LogP contribution < -0.4 is 4.72 Å². The van der Waals surface area contributed by atoms with Crippen molar-refractivity contribution in [3.8, 4) is 0 Å². The largest absolute Gasteiger partial charge is 0.457 e. The van der Waals surface area contributed by atoms with Crippen LogP contribution in [0.2, 0.25) is 5.15 Å². The molecule has 0 aliphatic carbocycles. The summed E-state index contributed by atoms with van der Waals surface area (Å²) in [4.78, 5) is 16.8. The van der Waals surface area contributed by atoms with Gasteiger partial charge in [-0.25, -0.2) is 22.9 Å². The molecule has 2 aromatic carbocycles. The van der Waals surface area contributed by atoms with Crippen molar-refractivity contribution in [3.05, 3.63) is 69.9 Å². The molecule has 3 aromatic rings. The third kappa shape index (κ3) is 4.01. The molecule has 146 valence electrons. The third-order valence-electron chi connectivity index (χ3n) is 4.55. The lowest BCUT2D eigenvalue weighted by Crippen LogP contribution is -2.19. The lowest BCUT2D eigenvalue weighted by Gasteiger charge is -2.10. The number of nitrogens with zero attached hydrogens (tertiary/aromatic N) is 1. The number of carbonyl (C=O) groups is 1. The monoisotopic (exact) mass is 418 g/mol. The molecular weight excluding hydrogens is 400 g/mol. The van der Waals surface area contributed by atoms with Gasteiger partial charge in [-0.3, -0.25) is 0 Å². The first-order valence-corrected chi connectivity index (χ1v) is 10.3. The predicted octanol–water partition coefficient (Wildman–Crippen LogP) is 3.77. The maximum absolute atomic E-state index is 12.4. The van der Waals surface area contributed by atoms with Gasteiger partial charge >= 0.3 is 5.97 Å². The number of rotatable bonds is 5. The molecule has 0 amide bonds. The van der Waals surface area contributed by atoms with Gasteiger partial charge in [-0.2, -0.15) is 0 Å². The minimum absolute atomic E-state index is 0.0132. The first-order chi connectivity index (χ1) is 13.2. The van der Waals surface area contributed by atoms with Crippen molar-refractivity contribution >= 4 is 38.5 Å². The maximum Gasteiger partial charge on any atom is 0.338 e. The maximum atomic E-state index is 12.4. The second-order valence-electron chi connectivity index (χ2n) is 6.33. The van der Waals surface area contributed by atoms with Crippen LogP contribution in [0.4, 0.5) is 0 Å². The summed E-state index contributed by atoms with van der Waals surface area (Å²) < 4.78 is 31.3. The van der Waals surface area contributed by atoms with Gasteiger partial charge < -0.3 is 4.74 Å². The van der Waals surface area contributed by atoms with Crippen molar-refractivity contribution in [2.75, 3.05) is 7.05 Å². The Kier molecular flexibility index (Phi) is 5.69. The van der Waals surface area contributed by atoms with Crippen LogP contribution in [0, 0.1) is 13.8 Å². The standard InChI is InChI=1S/C20H19ClN2O4S/c1-12-7-8-14-9-16(19(21)23-18(14)13(12)2)11-27-20(24)15-5-4-6-17(10-15)28(25,26)22-3/h4-10,22H,11H2,1-3H3. The van der Waals surface area contributed by atoms with Crippen molar-refractivity contribution in [1.29, 1.82) is 0 Å². The van der Waals surface area contributed by atoms with Crippen molar-refractivity contribution in [3.63, 3.8) is 0 Å². The normalized spacial score (nSPS) is 11.6. The van der Waals surface area contributed by atoms with Crippen LogP contribution >= 0.6 is 11.6 Å². The predicted molar refractivity (Wildman–Crippen MR) is 108 cm³/mol. The number of ether oxygens (including phenoxy) is 1. The molecule has 0 fully saturated rings. The van der Waals surface area contributed by atoms with Crippen molar-refractivity contribution in [2.24, 2.45) is 0 Å². The molecule has 1 N–H and O–H groups in total. The Morgan fingerprint density at radius 2 is 1.93 bits per heavy atom. The highest BCUT2D eigenvalue weighted by atomic mass is 35.5. The van der Waals surface area contributed by atoms with E-state index in [2.05, 4.69) is 9.71 Å². The fraction of sp³-hybridized carbons (Fsp3) is 0.200. The van der Waals surface area contributed by atoms with E-state index in [1.165, 1.54) is 31.3 Å². The fourth-order valence-corrected chi connectivity index (χ4v) is 3.71. The van der Waals surface area contributed by atoms with E-state index in [4.69, 9.17) is 16.3 Å². The summed E-state index contributed by atoms with van der Waals surface area (Å²) >= 11 is 6.27. The van der Waals surface area contributed by atoms with Crippen LogP contribution in [0.25, 0.3) is 10.9 Å². The molecule has 0 atom stereocenters. The third-order valence-corrected chi connectivity index (χ3v) is 6.28. The Balaban J connectivity index is 1.83. The molecule has 0 spiro atoms. The highest BCUT2D eigenvalue weighted by molar-refractivity contribution is 7.89. The van der Waals surface area contributed by atoms with Gasteiger partial charge in [0.25, 0.3) is 0 Å². The molecule has 0 saturated heterocycles. The van der Waals surface area contributed by atoms with E-state index < -0.39 is 16.0 Å². The quantitative estimate of drug-likeness (QED) is 0.503. The second-order valence-corrected chi connectivity index (χ2v) is 8.57. The topological polar surface area (TPSA) is 85.4 Å². The van der Waals surface area contributed by atoms with E-state index in [1.807, 2.05) is 32.0 Å². The van der Waals surface area contributed by atoms with Gasteiger partial charge in [0.05, 0.1) is 16.0 Å². The van der Waals surface area contributed by atoms with Crippen molar-refractivity contribution in [2.45, 2.75) is 25.3 Å². The Hall–Kier alpha value is -2.48. The number of carbonyl (C=O) groups excluding carboxylic acids is 1. The molecule has 0 radical (unpaired) electrons. The van der Waals surface area contributed by atoms with Crippen LogP contribution in [-0.4, -0.2) is 26.4 Å². The SMILES string of the molecule is CNS(=O)(=O)c1cccc(C(=O)OCc2cc3ccc(C)c(C)c3nc2Cl)c1. The number of benzene rings is 2. The minimum Gasteiger partial charge on any atom is -0.457 e. The molecule has 0 saturated carbocycles. The van der Waals surface area contributed by atoms with Gasteiger partial charge in [-0.15, -0.1) is 0 Å². The zero-order chi connectivity index (χ0) is 20.5. The summed E-state index contributed by atoms with van der Waals surface area (Å²) in [6, 6.07) is 11.4. The zero-order valence-electron chi connectivity index (χ0n) is 15.6. The Bertz CT molecular complexity index is 1180. The molecule has 6 nitrogen and oxygen atoms in total. The molecule has 0 bridgehead atoms. The molecule has 3 rings (SSSR count). The number of hydrogen-bond donors (Lipinski definition) is 1. The van der Waals surface area contributed by atoms with Crippen LogP contribution in [0.1, 0.15) is 27.0 Å². The van der Waals surface area contributed by atoms with Gasteiger partial charge in [-0.05, 0) is 56.3 Å². The van der Waals surface area contributed by atoms with Crippen molar-refractivity contribution in [1.82, 2.24) is 9.71 Å². The minimum atomic E-state index is -3.65. The van der Waals surface area contributed by atoms with E-state index >= 15 is 0 Å². The molecule has 28 heavy (non-hydrogen) atoms. The van der Waals surface area contributed by atoms with Gasteiger partial charge in [0.1, 0.15) is 11.8 Å². The Morgan fingerprint density at radius 1 is 1.18 bits per heavy atom. The second kappa shape index (κ2) is 7.87. The number of halogens is 1. The summed E-state index contributed by atoms with van der Waals surface area (Å²) in [7, 11) is -2.35. The molecular formula is C20H19ClN2O4S. The summed E-state index contributed by atoms with van der Waals surface area (Å²) in [5.41, 5.74) is 3.68. The van der Waals surface area contributed by atoms with E-state index in [9.17, 15) is 13.2 Å². The molecule has 0 aliphatic heterocycles. The highest BCUT2D eigenvalue weighted by Gasteiger charge is 2.16. The number of aryl methyl sites for hydroxylation is 2. The molecule has 1 heterocycles. The first kappa shape index (κ1) is 20.3. The van der Waals surface area contributed by atoms with Crippen LogP contribution in [0.5, 0.6) is 0 Å². The number of nitrogens with one attached hydrogen (secondary N) is 1. The van der Waals surface area contributed by atoms with Gasteiger partial charge in [-0.1, -0.05) is 29.8 Å². The molecule has 0 aliphatic rings. The average Bonchev–Trinajstić information content (AvgIpc) is 2.69. The van der Waals surface area contributed by atoms with E-state index in [-0.39, 0.29) is 22.2 Å². The van der Waals surface area contributed by atoms with E-state index in [0.29, 0.717) is 5.56 Å². The van der Waals surface area contributed by atoms with E-state index in [0.717, 1.165) is 22.0 Å². The summed E-state index contributed by atoms with van der Waals surface area (Å²) in [5.74, 6) is -0.649. The Labute approximate surface area is 168 Å². The Morgan fingerprint density at radius 3 is 2.64 bits per heavy atom. The van der Waals surface area contributed by atoms with Gasteiger partial charge in [0.15, 0.2) is 0 Å². The van der Waals surface area contributed by atoms with E-state index in [1.54, 1.807) is 0 Å². The van der Waals surface area contributed by atoms with Crippen molar-refractivity contribution < 1.29 is 17.9 Å². The summed E-state index contributed by atoms with van der Waals surface area (Å²) in [6.45, 7) is 3.91. The number of pyridine rings is 1. The van der Waals surface area contributed by atoms with Gasteiger partial charge in [0, 0.05) is 10.9 Å². The molecule has 8 heteroatoms. The zero-order valence-corrected chi connectivity index (χ0v) is 17.2. The van der Waals surface area contributed by atoms with Gasteiger partial charge in [0.2, 0.25) is 10.0 Å². The highest BCUT2D eigenvalue weighted by Crippen LogP contribution is 2.25. The number of sulfonamides is 1. The summed E-state index contributed by atoms with van der Waals surface area (Å²) in [5, 5.41) is 1.17. The summed E-state index contributed by atoms with van der Waals surface area (Å²) in [6.07, 6.45) is 0. The number of aromatic nitrogens is 1. The van der Waals surface area contributed by atoms with Crippen LogP contribution in [0.15, 0.2) is 47.4 Å².